The van der Waals surface area contributed by atoms with Gasteiger partial charge in [0.2, 0.25) is 0 Å². The Morgan fingerprint density at radius 3 is 2.54 bits per heavy atom. The third-order valence-corrected chi connectivity index (χ3v) is 1.72. The standard InChI is InChI=1S/C6H11ClN2O3S/c7-1-2-8-6(12)9-4(3-13)5(10)11/h4,13H,1-3H2,(H,10,11)(H2,8,9,12). The molecule has 13 heavy (non-hydrogen) atoms. The Labute approximate surface area is 86.2 Å². The maximum atomic E-state index is 10.9. The Morgan fingerprint density at radius 2 is 2.15 bits per heavy atom. The number of carboxylic acid groups (broad SMARTS) is 1. The molecule has 1 unspecified atom stereocenters. The molecular formula is C6H11ClN2O3S. The number of aliphatic carboxylic acids is 1. The number of carbonyl (C=O) groups excluding carboxylic acids is 1. The lowest BCUT2D eigenvalue weighted by atomic mass is 10.3. The van der Waals surface area contributed by atoms with Crippen molar-refractivity contribution in [3.8, 4) is 0 Å². The van der Waals surface area contributed by atoms with Crippen molar-refractivity contribution >= 4 is 36.2 Å². The number of carbonyl (C=O) groups is 2. The molecule has 0 saturated carbocycles. The Balaban J connectivity index is 3.80. The van der Waals surface area contributed by atoms with Crippen LogP contribution < -0.4 is 10.6 Å². The van der Waals surface area contributed by atoms with E-state index in [0.717, 1.165) is 0 Å². The van der Waals surface area contributed by atoms with Gasteiger partial charge in [0.25, 0.3) is 0 Å². The zero-order valence-corrected chi connectivity index (χ0v) is 8.44. The normalized spacial score (nSPS) is 11.8. The van der Waals surface area contributed by atoms with E-state index in [1.54, 1.807) is 0 Å². The number of hydrogen-bond acceptors (Lipinski definition) is 3. The van der Waals surface area contributed by atoms with Crippen LogP contribution >= 0.6 is 24.2 Å². The van der Waals surface area contributed by atoms with Crippen LogP contribution in [-0.4, -0.2) is 41.3 Å². The molecule has 5 nitrogen and oxygen atoms in total. The first-order valence-electron chi connectivity index (χ1n) is 3.55. The minimum Gasteiger partial charge on any atom is -0.480 e. The number of carboxylic acids is 1. The van der Waals surface area contributed by atoms with E-state index in [9.17, 15) is 9.59 Å². The van der Waals surface area contributed by atoms with E-state index >= 15 is 0 Å². The number of thiol groups is 1. The Bertz CT molecular complexity index is 191. The van der Waals surface area contributed by atoms with Gasteiger partial charge in [-0.05, 0) is 0 Å². The summed E-state index contributed by atoms with van der Waals surface area (Å²) >= 11 is 9.08. The van der Waals surface area contributed by atoms with E-state index in [2.05, 4.69) is 23.3 Å². The van der Waals surface area contributed by atoms with Gasteiger partial charge < -0.3 is 15.7 Å². The molecule has 3 N–H and O–H groups in total. The molecule has 0 radical (unpaired) electrons. The van der Waals surface area contributed by atoms with Crippen LogP contribution in [0.2, 0.25) is 0 Å². The zero-order chi connectivity index (χ0) is 10.3. The zero-order valence-electron chi connectivity index (χ0n) is 6.79. The lowest BCUT2D eigenvalue weighted by molar-refractivity contribution is -0.138. The second-order valence-electron chi connectivity index (χ2n) is 2.16. The molecule has 0 heterocycles. The fourth-order valence-corrected chi connectivity index (χ4v) is 0.897. The predicted octanol–water partition coefficient (Wildman–Crippen LogP) is -0.0926. The summed E-state index contributed by atoms with van der Waals surface area (Å²) < 4.78 is 0. The molecule has 76 valence electrons. The fraction of sp³-hybridized carbons (Fsp3) is 0.667. The number of alkyl halides is 1. The van der Waals surface area contributed by atoms with Crippen LogP contribution in [0.5, 0.6) is 0 Å². The summed E-state index contributed by atoms with van der Waals surface area (Å²) in [5, 5.41) is 13.1. The first-order chi connectivity index (χ1) is 6.11. The third kappa shape index (κ3) is 5.59. The molecule has 0 aromatic heterocycles. The topological polar surface area (TPSA) is 78.4 Å². The van der Waals surface area contributed by atoms with Crippen molar-refractivity contribution in [2.45, 2.75) is 6.04 Å². The van der Waals surface area contributed by atoms with Gasteiger partial charge in [-0.15, -0.1) is 11.6 Å². The molecule has 0 saturated heterocycles. The summed E-state index contributed by atoms with van der Waals surface area (Å²) in [6.45, 7) is 0.298. The maximum absolute atomic E-state index is 10.9. The molecule has 0 aliphatic carbocycles. The first-order valence-corrected chi connectivity index (χ1v) is 4.72. The molecular weight excluding hydrogens is 216 g/mol. The molecule has 0 rings (SSSR count). The van der Waals surface area contributed by atoms with Gasteiger partial charge in [0, 0.05) is 18.2 Å². The van der Waals surface area contributed by atoms with Gasteiger partial charge in [0.05, 0.1) is 0 Å². The smallest absolute Gasteiger partial charge is 0.327 e. The molecule has 0 bridgehead atoms. The van der Waals surface area contributed by atoms with E-state index in [-0.39, 0.29) is 11.6 Å². The lowest BCUT2D eigenvalue weighted by Gasteiger charge is -2.11. The number of hydrogen-bond donors (Lipinski definition) is 4. The van der Waals surface area contributed by atoms with E-state index in [4.69, 9.17) is 16.7 Å². The van der Waals surface area contributed by atoms with Crippen molar-refractivity contribution in [1.29, 1.82) is 0 Å². The summed E-state index contributed by atoms with van der Waals surface area (Å²) in [6, 6.07) is -1.53. The molecule has 1 atom stereocenters. The van der Waals surface area contributed by atoms with Gasteiger partial charge in [-0.2, -0.15) is 12.6 Å². The van der Waals surface area contributed by atoms with Crippen molar-refractivity contribution in [2.75, 3.05) is 18.2 Å². The predicted molar refractivity (Wildman–Crippen MR) is 52.5 cm³/mol. The summed E-state index contributed by atoms with van der Waals surface area (Å²) in [5.74, 6) is -0.786. The summed E-state index contributed by atoms with van der Waals surface area (Å²) in [4.78, 5) is 21.3. The van der Waals surface area contributed by atoms with Gasteiger partial charge >= 0.3 is 12.0 Å². The summed E-state index contributed by atoms with van der Waals surface area (Å²) in [5.41, 5.74) is 0. The van der Waals surface area contributed by atoms with Crippen molar-refractivity contribution in [3.05, 3.63) is 0 Å². The molecule has 0 aromatic carbocycles. The highest BCUT2D eigenvalue weighted by atomic mass is 35.5. The number of halogens is 1. The van der Waals surface area contributed by atoms with Crippen LogP contribution in [0.1, 0.15) is 0 Å². The SMILES string of the molecule is O=C(NCCCl)NC(CS)C(=O)O. The second-order valence-corrected chi connectivity index (χ2v) is 2.91. The molecule has 2 amide bonds. The Hall–Kier alpha value is -0.620. The Kier molecular flexibility index (Phi) is 6.52. The highest BCUT2D eigenvalue weighted by Crippen LogP contribution is 1.87. The molecule has 0 aliphatic heterocycles. The average Bonchev–Trinajstić information content (AvgIpc) is 2.10. The lowest BCUT2D eigenvalue weighted by Crippen LogP contribution is -2.47. The van der Waals surface area contributed by atoms with Gasteiger partial charge in [0.15, 0.2) is 0 Å². The minimum absolute atomic E-state index is 0.0453. The van der Waals surface area contributed by atoms with Crippen LogP contribution in [0.25, 0.3) is 0 Å². The largest absolute Gasteiger partial charge is 0.480 e. The molecule has 0 aliphatic rings. The van der Waals surface area contributed by atoms with E-state index < -0.39 is 18.0 Å². The van der Waals surface area contributed by atoms with Gasteiger partial charge in [0.1, 0.15) is 6.04 Å². The van der Waals surface area contributed by atoms with E-state index in [1.807, 2.05) is 0 Å². The highest BCUT2D eigenvalue weighted by molar-refractivity contribution is 7.80. The number of amides is 2. The van der Waals surface area contributed by atoms with Gasteiger partial charge in [-0.3, -0.25) is 0 Å². The quantitative estimate of drug-likeness (QED) is 0.391. The van der Waals surface area contributed by atoms with Crippen molar-refractivity contribution in [1.82, 2.24) is 10.6 Å². The van der Waals surface area contributed by atoms with Gasteiger partial charge in [-0.1, -0.05) is 0 Å². The van der Waals surface area contributed by atoms with E-state index in [0.29, 0.717) is 6.54 Å². The second kappa shape index (κ2) is 6.85. The monoisotopic (exact) mass is 226 g/mol. The van der Waals surface area contributed by atoms with Crippen LogP contribution in [0.4, 0.5) is 4.79 Å². The Morgan fingerprint density at radius 1 is 1.54 bits per heavy atom. The molecule has 7 heteroatoms. The van der Waals surface area contributed by atoms with Crippen LogP contribution in [0.3, 0.4) is 0 Å². The fourth-order valence-electron chi connectivity index (χ4n) is 0.556. The molecule has 0 spiro atoms. The van der Waals surface area contributed by atoms with Crippen LogP contribution in [0.15, 0.2) is 0 Å². The average molecular weight is 227 g/mol. The summed E-state index contributed by atoms with van der Waals surface area (Å²) in [7, 11) is 0. The van der Waals surface area contributed by atoms with Crippen molar-refractivity contribution < 1.29 is 14.7 Å². The first kappa shape index (κ1) is 12.4. The summed E-state index contributed by atoms with van der Waals surface area (Å²) in [6.07, 6.45) is 0. The van der Waals surface area contributed by atoms with Crippen LogP contribution in [-0.2, 0) is 4.79 Å². The van der Waals surface area contributed by atoms with Crippen molar-refractivity contribution in [3.63, 3.8) is 0 Å². The molecule has 0 aromatic rings. The number of urea groups is 1. The van der Waals surface area contributed by atoms with Crippen LogP contribution in [0, 0.1) is 0 Å². The molecule has 0 fully saturated rings. The maximum Gasteiger partial charge on any atom is 0.327 e. The third-order valence-electron chi connectivity index (χ3n) is 1.17. The van der Waals surface area contributed by atoms with Crippen molar-refractivity contribution in [2.24, 2.45) is 0 Å². The number of rotatable bonds is 5. The van der Waals surface area contributed by atoms with E-state index in [1.165, 1.54) is 0 Å². The highest BCUT2D eigenvalue weighted by Gasteiger charge is 2.17. The van der Waals surface area contributed by atoms with Gasteiger partial charge in [-0.25, -0.2) is 9.59 Å². The number of nitrogens with one attached hydrogen (secondary N) is 2. The minimum atomic E-state index is -1.11.